The second kappa shape index (κ2) is 12.4. The quantitative estimate of drug-likeness (QED) is 0.343. The second-order valence-corrected chi connectivity index (χ2v) is 10.7. The fourth-order valence-corrected chi connectivity index (χ4v) is 4.00. The van der Waals surface area contributed by atoms with Crippen molar-refractivity contribution in [2.45, 2.75) is 72.3 Å². The highest BCUT2D eigenvalue weighted by Crippen LogP contribution is 2.22. The van der Waals surface area contributed by atoms with Crippen LogP contribution in [0, 0.1) is 5.92 Å². The van der Waals surface area contributed by atoms with E-state index in [4.69, 9.17) is 9.15 Å². The molecule has 0 unspecified atom stereocenters. The molecule has 0 aliphatic carbocycles. The summed E-state index contributed by atoms with van der Waals surface area (Å²) in [5.74, 6) is 1.39. The van der Waals surface area contributed by atoms with Crippen LogP contribution in [0.1, 0.15) is 63.6 Å². The number of furan rings is 1. The van der Waals surface area contributed by atoms with Gasteiger partial charge in [-0.25, -0.2) is 0 Å². The highest BCUT2D eigenvalue weighted by molar-refractivity contribution is 5.28. The Morgan fingerprint density at radius 1 is 1.06 bits per heavy atom. The predicted octanol–water partition coefficient (Wildman–Crippen LogP) is 5.85. The van der Waals surface area contributed by atoms with E-state index in [1.165, 1.54) is 16.8 Å². The van der Waals surface area contributed by atoms with Gasteiger partial charge in [-0.3, -0.25) is 4.90 Å². The minimum absolute atomic E-state index is 0.163. The molecule has 0 amide bonds. The van der Waals surface area contributed by atoms with Crippen molar-refractivity contribution in [1.29, 1.82) is 0 Å². The van der Waals surface area contributed by atoms with Crippen LogP contribution in [-0.2, 0) is 29.8 Å². The van der Waals surface area contributed by atoms with Gasteiger partial charge in [-0.05, 0) is 59.7 Å². The molecule has 186 valence electrons. The van der Waals surface area contributed by atoms with Crippen LogP contribution in [0.15, 0.2) is 65.4 Å². The topological polar surface area (TPSA) is 50.8 Å². The van der Waals surface area contributed by atoms with E-state index in [2.05, 4.69) is 86.7 Å². The monoisotopic (exact) mass is 466 g/mol. The minimum atomic E-state index is -0.546. The summed E-state index contributed by atoms with van der Waals surface area (Å²) < 4.78 is 13.3. The highest BCUT2D eigenvalue weighted by Gasteiger charge is 2.16. The summed E-state index contributed by atoms with van der Waals surface area (Å²) in [5, 5.41) is 10.6. The molecule has 0 aliphatic rings. The molecule has 1 aromatic carbocycles. The van der Waals surface area contributed by atoms with Crippen LogP contribution in [0.5, 0.6) is 0 Å². The molecule has 0 saturated carbocycles. The zero-order chi connectivity index (χ0) is 24.6. The Morgan fingerprint density at radius 3 is 2.47 bits per heavy atom. The third-order valence-corrected chi connectivity index (χ3v) is 6.11. The number of ether oxygens (including phenoxy) is 1. The molecule has 2 heterocycles. The maximum absolute atomic E-state index is 10.6. The summed E-state index contributed by atoms with van der Waals surface area (Å²) >= 11 is 0. The van der Waals surface area contributed by atoms with Crippen molar-refractivity contribution in [3.05, 3.63) is 83.6 Å². The number of aliphatic hydroxyl groups is 1. The highest BCUT2D eigenvalue weighted by atomic mass is 16.5. The van der Waals surface area contributed by atoms with Gasteiger partial charge in [0.2, 0.25) is 0 Å². The van der Waals surface area contributed by atoms with E-state index < -0.39 is 6.10 Å². The van der Waals surface area contributed by atoms with Gasteiger partial charge in [-0.2, -0.15) is 0 Å². The van der Waals surface area contributed by atoms with Crippen LogP contribution in [0.3, 0.4) is 0 Å². The lowest BCUT2D eigenvalue weighted by molar-refractivity contribution is 0.00296. The Balaban J connectivity index is 1.59. The first-order valence-corrected chi connectivity index (χ1v) is 12.4. The van der Waals surface area contributed by atoms with Crippen LogP contribution in [-0.4, -0.2) is 40.4 Å². The maximum atomic E-state index is 10.6. The Hall–Kier alpha value is -2.34. The number of benzene rings is 1. The summed E-state index contributed by atoms with van der Waals surface area (Å²) in [7, 11) is 0. The molecular formula is C29H42N2O3. The molecule has 2 aromatic heterocycles. The molecule has 0 radical (unpaired) electrons. The van der Waals surface area contributed by atoms with E-state index in [0.717, 1.165) is 31.8 Å². The molecule has 34 heavy (non-hydrogen) atoms. The Bertz CT molecular complexity index is 952. The number of nitrogens with zero attached hydrogens (tertiary/aromatic N) is 2. The van der Waals surface area contributed by atoms with Crippen LogP contribution >= 0.6 is 0 Å². The lowest BCUT2D eigenvalue weighted by atomic mass is 9.87. The SMILES string of the molecule is CC(C)CCN(Cc1cccn1Cc1ccc(C(C)(C)C)cc1)C[C@@H](O)COCc1ccco1. The van der Waals surface area contributed by atoms with Crippen LogP contribution in [0.25, 0.3) is 0 Å². The fraction of sp³-hybridized carbons (Fsp3) is 0.517. The lowest BCUT2D eigenvalue weighted by Gasteiger charge is -2.26. The van der Waals surface area contributed by atoms with Crippen LogP contribution in [0.2, 0.25) is 0 Å². The lowest BCUT2D eigenvalue weighted by Crippen LogP contribution is -2.36. The molecular weight excluding hydrogens is 424 g/mol. The standard InChI is InChI=1S/C29H42N2O3/c1-23(2)14-16-30(20-27(32)21-33-22-28-9-7-17-34-28)19-26-8-6-15-31(26)18-24-10-12-25(13-11-24)29(3,4)5/h6-13,15,17,23,27,32H,14,16,18-22H2,1-5H3/t27-/m1/s1. The third kappa shape index (κ3) is 8.46. The van der Waals surface area contributed by atoms with E-state index >= 15 is 0 Å². The van der Waals surface area contributed by atoms with E-state index in [1.54, 1.807) is 6.26 Å². The molecule has 0 bridgehead atoms. The minimum Gasteiger partial charge on any atom is -0.467 e. The van der Waals surface area contributed by atoms with E-state index in [1.807, 2.05) is 12.1 Å². The molecule has 3 rings (SSSR count). The normalized spacial score (nSPS) is 13.2. The smallest absolute Gasteiger partial charge is 0.129 e. The molecule has 3 aromatic rings. The van der Waals surface area contributed by atoms with Crippen LogP contribution < -0.4 is 0 Å². The van der Waals surface area contributed by atoms with Gasteiger partial charge in [0.15, 0.2) is 0 Å². The summed E-state index contributed by atoms with van der Waals surface area (Å²) in [5.41, 5.74) is 4.07. The molecule has 0 spiro atoms. The summed E-state index contributed by atoms with van der Waals surface area (Å²) in [4.78, 5) is 2.34. The van der Waals surface area contributed by atoms with Crippen LogP contribution in [0.4, 0.5) is 0 Å². The maximum Gasteiger partial charge on any atom is 0.129 e. The van der Waals surface area contributed by atoms with Gasteiger partial charge < -0.3 is 18.8 Å². The summed E-state index contributed by atoms with van der Waals surface area (Å²) in [6, 6.07) is 17.0. The van der Waals surface area contributed by atoms with Crippen molar-refractivity contribution in [2.24, 2.45) is 5.92 Å². The Morgan fingerprint density at radius 2 is 1.82 bits per heavy atom. The Labute approximate surface area is 205 Å². The third-order valence-electron chi connectivity index (χ3n) is 6.11. The summed E-state index contributed by atoms with van der Waals surface area (Å²) in [6.45, 7) is 15.1. The number of hydrogen-bond donors (Lipinski definition) is 1. The first-order valence-electron chi connectivity index (χ1n) is 12.4. The van der Waals surface area contributed by atoms with Crippen molar-refractivity contribution in [1.82, 2.24) is 9.47 Å². The average Bonchev–Trinajstić information content (AvgIpc) is 3.44. The van der Waals surface area contributed by atoms with E-state index in [9.17, 15) is 5.11 Å². The van der Waals surface area contributed by atoms with Gasteiger partial charge in [-0.15, -0.1) is 0 Å². The average molecular weight is 467 g/mol. The first-order chi connectivity index (χ1) is 16.2. The van der Waals surface area contributed by atoms with E-state index in [0.29, 0.717) is 25.7 Å². The zero-order valence-corrected chi connectivity index (χ0v) is 21.5. The van der Waals surface area contributed by atoms with Gasteiger partial charge in [-0.1, -0.05) is 58.9 Å². The van der Waals surface area contributed by atoms with Gasteiger partial charge >= 0.3 is 0 Å². The number of aliphatic hydroxyl groups excluding tert-OH is 1. The number of rotatable bonds is 13. The van der Waals surface area contributed by atoms with E-state index in [-0.39, 0.29) is 5.41 Å². The fourth-order valence-electron chi connectivity index (χ4n) is 4.00. The first kappa shape index (κ1) is 26.3. The largest absolute Gasteiger partial charge is 0.467 e. The molecule has 1 N–H and O–H groups in total. The number of aromatic nitrogens is 1. The van der Waals surface area contributed by atoms with Gasteiger partial charge in [0.25, 0.3) is 0 Å². The van der Waals surface area contributed by atoms with Gasteiger partial charge in [0.1, 0.15) is 12.4 Å². The summed E-state index contributed by atoms with van der Waals surface area (Å²) in [6.07, 6.45) is 4.33. The molecule has 0 aliphatic heterocycles. The van der Waals surface area contributed by atoms with Crippen molar-refractivity contribution in [3.63, 3.8) is 0 Å². The van der Waals surface area contributed by atoms with Crippen molar-refractivity contribution >= 4 is 0 Å². The zero-order valence-electron chi connectivity index (χ0n) is 21.5. The molecule has 0 saturated heterocycles. The van der Waals surface area contributed by atoms with Crippen molar-refractivity contribution < 1.29 is 14.3 Å². The van der Waals surface area contributed by atoms with Crippen molar-refractivity contribution in [2.75, 3.05) is 19.7 Å². The van der Waals surface area contributed by atoms with Gasteiger partial charge in [0, 0.05) is 31.5 Å². The van der Waals surface area contributed by atoms with Crippen molar-refractivity contribution in [3.8, 4) is 0 Å². The second-order valence-electron chi connectivity index (χ2n) is 10.7. The molecule has 5 nitrogen and oxygen atoms in total. The molecule has 1 atom stereocenters. The number of hydrogen-bond acceptors (Lipinski definition) is 4. The molecule has 0 fully saturated rings. The Kier molecular flexibility index (Phi) is 9.57. The predicted molar refractivity (Wildman–Crippen MR) is 138 cm³/mol. The van der Waals surface area contributed by atoms with Gasteiger partial charge in [0.05, 0.1) is 19.0 Å². The molecule has 5 heteroatoms.